The quantitative estimate of drug-likeness (QED) is 0.250. The number of nitriles is 1. The Hall–Kier alpha value is -5.39. The van der Waals surface area contributed by atoms with E-state index >= 15 is 0 Å². The zero-order chi connectivity index (χ0) is 26.9. The van der Waals surface area contributed by atoms with Gasteiger partial charge in [0.05, 0.1) is 17.0 Å². The molecule has 0 unspecified atom stereocenters. The van der Waals surface area contributed by atoms with Gasteiger partial charge in [0.1, 0.15) is 0 Å². The van der Waals surface area contributed by atoms with Gasteiger partial charge in [-0.3, -0.25) is 0 Å². The Morgan fingerprint density at radius 1 is 0.475 bits per heavy atom. The molecule has 1 aliphatic rings. The molecular formula is C38H26N2. The van der Waals surface area contributed by atoms with Crippen molar-refractivity contribution in [1.29, 1.82) is 5.26 Å². The Balaban J connectivity index is 1.44. The van der Waals surface area contributed by atoms with Gasteiger partial charge in [0, 0.05) is 22.5 Å². The van der Waals surface area contributed by atoms with Crippen LogP contribution in [0, 0.1) is 11.3 Å². The molecule has 0 fully saturated rings. The van der Waals surface area contributed by atoms with Gasteiger partial charge in [0.15, 0.2) is 0 Å². The number of hydrogen-bond donors (Lipinski definition) is 1. The molecule has 0 aliphatic heterocycles. The van der Waals surface area contributed by atoms with Crippen LogP contribution in [0.25, 0.3) is 22.3 Å². The normalized spacial score (nSPS) is 12.7. The number of para-hydroxylation sites is 1. The molecular weight excluding hydrogens is 484 g/mol. The summed E-state index contributed by atoms with van der Waals surface area (Å²) in [6, 6.07) is 55.5. The Kier molecular flexibility index (Phi) is 5.77. The number of hydrogen-bond acceptors (Lipinski definition) is 2. The van der Waals surface area contributed by atoms with Crippen LogP contribution in [0.5, 0.6) is 0 Å². The highest BCUT2D eigenvalue weighted by Gasteiger charge is 2.46. The molecule has 2 nitrogen and oxygen atoms in total. The molecule has 1 N–H and O–H groups in total. The SMILES string of the molecule is N#Cc1ccccc1-c1ccccc1Nc1ccc2c(c1)C(c1ccccc1)(c1ccccc1)c1ccccc1-2. The van der Waals surface area contributed by atoms with Crippen molar-refractivity contribution in [2.45, 2.75) is 5.41 Å². The summed E-state index contributed by atoms with van der Waals surface area (Å²) >= 11 is 0. The molecule has 0 amide bonds. The lowest BCUT2D eigenvalue weighted by molar-refractivity contribution is 0.769. The average Bonchev–Trinajstić information content (AvgIpc) is 3.32. The topological polar surface area (TPSA) is 35.8 Å². The van der Waals surface area contributed by atoms with Crippen molar-refractivity contribution < 1.29 is 0 Å². The lowest BCUT2D eigenvalue weighted by Gasteiger charge is -2.34. The third kappa shape index (κ3) is 3.64. The van der Waals surface area contributed by atoms with Gasteiger partial charge in [-0.2, -0.15) is 5.26 Å². The second-order valence-corrected chi connectivity index (χ2v) is 10.1. The summed E-state index contributed by atoms with van der Waals surface area (Å²) in [5.74, 6) is 0. The van der Waals surface area contributed by atoms with E-state index in [2.05, 4.69) is 127 Å². The summed E-state index contributed by atoms with van der Waals surface area (Å²) in [6.45, 7) is 0. The van der Waals surface area contributed by atoms with Crippen molar-refractivity contribution in [3.05, 3.63) is 179 Å². The van der Waals surface area contributed by atoms with Gasteiger partial charge < -0.3 is 5.32 Å². The van der Waals surface area contributed by atoms with E-state index in [4.69, 9.17) is 0 Å². The van der Waals surface area contributed by atoms with Gasteiger partial charge in [-0.25, -0.2) is 0 Å². The fraction of sp³-hybridized carbons (Fsp3) is 0.0263. The van der Waals surface area contributed by atoms with Gasteiger partial charge >= 0.3 is 0 Å². The van der Waals surface area contributed by atoms with Gasteiger partial charge in [-0.1, -0.05) is 127 Å². The molecule has 0 saturated carbocycles. The van der Waals surface area contributed by atoms with Crippen molar-refractivity contribution in [3.8, 4) is 28.3 Å². The zero-order valence-electron chi connectivity index (χ0n) is 21.9. The van der Waals surface area contributed by atoms with Gasteiger partial charge in [-0.15, -0.1) is 0 Å². The van der Waals surface area contributed by atoms with E-state index in [0.29, 0.717) is 5.56 Å². The Labute approximate surface area is 234 Å². The van der Waals surface area contributed by atoms with E-state index in [1.54, 1.807) is 0 Å². The molecule has 0 radical (unpaired) electrons. The van der Waals surface area contributed by atoms with Crippen LogP contribution >= 0.6 is 0 Å². The van der Waals surface area contributed by atoms with Gasteiger partial charge in [0.25, 0.3) is 0 Å². The minimum atomic E-state index is -0.445. The maximum Gasteiger partial charge on any atom is 0.0998 e. The maximum atomic E-state index is 9.76. The molecule has 0 heterocycles. The number of nitrogens with one attached hydrogen (secondary N) is 1. The molecule has 6 aromatic rings. The van der Waals surface area contributed by atoms with Gasteiger partial charge in [-0.05, 0) is 57.6 Å². The monoisotopic (exact) mass is 510 g/mol. The number of fused-ring (bicyclic) bond motifs is 3. The van der Waals surface area contributed by atoms with E-state index in [0.717, 1.165) is 22.5 Å². The second kappa shape index (κ2) is 9.73. The molecule has 0 spiro atoms. The molecule has 6 aromatic carbocycles. The fourth-order valence-corrected chi connectivity index (χ4v) is 6.32. The largest absolute Gasteiger partial charge is 0.355 e. The van der Waals surface area contributed by atoms with Crippen LogP contribution in [-0.2, 0) is 5.41 Å². The first-order valence-corrected chi connectivity index (χ1v) is 13.5. The van der Waals surface area contributed by atoms with E-state index < -0.39 is 5.41 Å². The highest BCUT2D eigenvalue weighted by atomic mass is 14.9. The zero-order valence-corrected chi connectivity index (χ0v) is 21.9. The predicted octanol–water partition coefficient (Wildman–Crippen LogP) is 9.33. The molecule has 0 bridgehead atoms. The molecule has 0 aromatic heterocycles. The molecule has 1 aliphatic carbocycles. The Bertz CT molecular complexity index is 1840. The summed E-state index contributed by atoms with van der Waals surface area (Å²) in [5.41, 5.74) is 11.7. The molecule has 188 valence electrons. The fourth-order valence-electron chi connectivity index (χ4n) is 6.32. The highest BCUT2D eigenvalue weighted by molar-refractivity contribution is 5.89. The van der Waals surface area contributed by atoms with Crippen molar-refractivity contribution in [3.63, 3.8) is 0 Å². The van der Waals surface area contributed by atoms with Crippen LogP contribution in [0.3, 0.4) is 0 Å². The second-order valence-electron chi connectivity index (χ2n) is 10.1. The van der Waals surface area contributed by atoms with Crippen molar-refractivity contribution in [2.75, 3.05) is 5.32 Å². The number of benzene rings is 6. The standard InChI is InChI=1S/C38H26N2/c39-26-27-13-7-8-18-31(27)34-20-10-12-22-37(34)40-30-23-24-33-32-19-9-11-21-35(32)38(36(33)25-30,28-14-3-1-4-15-28)29-16-5-2-6-17-29/h1-25,40H. The average molecular weight is 511 g/mol. The molecule has 0 atom stereocenters. The minimum absolute atomic E-state index is 0.445. The van der Waals surface area contributed by atoms with Crippen LogP contribution in [0.15, 0.2) is 152 Å². The van der Waals surface area contributed by atoms with Gasteiger partial charge in [0.2, 0.25) is 0 Å². The predicted molar refractivity (Wildman–Crippen MR) is 164 cm³/mol. The van der Waals surface area contributed by atoms with Crippen molar-refractivity contribution >= 4 is 11.4 Å². The summed E-state index contributed by atoms with van der Waals surface area (Å²) in [5, 5.41) is 13.5. The first kappa shape index (κ1) is 23.7. The smallest absolute Gasteiger partial charge is 0.0998 e. The third-order valence-corrected chi connectivity index (χ3v) is 8.00. The Morgan fingerprint density at radius 2 is 1.02 bits per heavy atom. The molecule has 7 rings (SSSR count). The first-order chi connectivity index (χ1) is 19.8. The van der Waals surface area contributed by atoms with E-state index in [1.807, 2.05) is 36.4 Å². The lowest BCUT2D eigenvalue weighted by Crippen LogP contribution is -2.28. The maximum absolute atomic E-state index is 9.76. The first-order valence-electron chi connectivity index (χ1n) is 13.5. The van der Waals surface area contributed by atoms with Crippen LogP contribution in [0.4, 0.5) is 11.4 Å². The van der Waals surface area contributed by atoms with E-state index in [9.17, 15) is 5.26 Å². The molecule has 40 heavy (non-hydrogen) atoms. The van der Waals surface area contributed by atoms with Crippen molar-refractivity contribution in [1.82, 2.24) is 0 Å². The van der Waals surface area contributed by atoms with Crippen LogP contribution in [-0.4, -0.2) is 0 Å². The summed E-state index contributed by atoms with van der Waals surface area (Å²) in [7, 11) is 0. The number of rotatable bonds is 5. The van der Waals surface area contributed by atoms with Crippen LogP contribution in [0.2, 0.25) is 0 Å². The van der Waals surface area contributed by atoms with E-state index in [1.165, 1.54) is 33.4 Å². The lowest BCUT2D eigenvalue weighted by atomic mass is 9.67. The summed E-state index contributed by atoms with van der Waals surface area (Å²) in [6.07, 6.45) is 0. The Morgan fingerprint density at radius 3 is 1.73 bits per heavy atom. The highest BCUT2D eigenvalue weighted by Crippen LogP contribution is 2.56. The van der Waals surface area contributed by atoms with Crippen LogP contribution < -0.4 is 5.32 Å². The summed E-state index contributed by atoms with van der Waals surface area (Å²) < 4.78 is 0. The minimum Gasteiger partial charge on any atom is -0.355 e. The third-order valence-electron chi connectivity index (χ3n) is 8.00. The summed E-state index contributed by atoms with van der Waals surface area (Å²) in [4.78, 5) is 0. The number of anilines is 2. The molecule has 0 saturated heterocycles. The van der Waals surface area contributed by atoms with Crippen molar-refractivity contribution in [2.24, 2.45) is 0 Å². The molecule has 2 heteroatoms. The van der Waals surface area contributed by atoms with E-state index in [-0.39, 0.29) is 0 Å². The number of nitrogens with zero attached hydrogens (tertiary/aromatic N) is 1. The van der Waals surface area contributed by atoms with Crippen LogP contribution in [0.1, 0.15) is 27.8 Å².